The molecule has 4 heteroatoms. The number of benzene rings is 10. The number of hydrogen-bond donors (Lipinski definition) is 0. The van der Waals surface area contributed by atoms with E-state index < -0.39 is 5.41 Å². The van der Waals surface area contributed by atoms with E-state index in [0.29, 0.717) is 0 Å². The first-order valence-electron chi connectivity index (χ1n) is 21.5. The normalized spacial score (nSPS) is 13.1. The van der Waals surface area contributed by atoms with Crippen LogP contribution in [0.2, 0.25) is 0 Å². The van der Waals surface area contributed by atoms with Gasteiger partial charge in [-0.3, -0.25) is 0 Å². The molecule has 0 saturated heterocycles. The van der Waals surface area contributed by atoms with Gasteiger partial charge >= 0.3 is 0 Å². The number of fused-ring (bicyclic) bond motifs is 13. The predicted molar refractivity (Wildman–Crippen MR) is 268 cm³/mol. The lowest BCUT2D eigenvalue weighted by atomic mass is 9.67. The zero-order chi connectivity index (χ0) is 41.5. The number of para-hydroxylation sites is 3. The van der Waals surface area contributed by atoms with E-state index in [9.17, 15) is 0 Å². The van der Waals surface area contributed by atoms with Crippen molar-refractivity contribution in [3.05, 3.63) is 253 Å². The van der Waals surface area contributed by atoms with E-state index >= 15 is 0 Å². The lowest BCUT2D eigenvalue weighted by Crippen LogP contribution is -2.31. The number of anilines is 6. The summed E-state index contributed by atoms with van der Waals surface area (Å²) in [6.45, 7) is 0. The summed E-state index contributed by atoms with van der Waals surface area (Å²) in [5.74, 6) is 0. The zero-order valence-corrected chi connectivity index (χ0v) is 35.8. The molecule has 1 aliphatic heterocycles. The number of rotatable bonds is 6. The van der Waals surface area contributed by atoms with Gasteiger partial charge in [0.2, 0.25) is 0 Å². The predicted octanol–water partition coefficient (Wildman–Crippen LogP) is 17.0. The highest BCUT2D eigenvalue weighted by atomic mass is 32.2. The Kier molecular flexibility index (Phi) is 8.27. The molecule has 0 amide bonds. The molecule has 0 fully saturated rings. The van der Waals surface area contributed by atoms with Crippen LogP contribution in [0.5, 0.6) is 0 Å². The summed E-state index contributed by atoms with van der Waals surface area (Å²) in [7, 11) is 0. The van der Waals surface area contributed by atoms with Crippen LogP contribution in [-0.4, -0.2) is 0 Å². The standard InChI is InChI=1S/C59H38N2S2/c1-4-19-40(20-5-1)60(41-21-6-2-7-22-41)43-33-35-53-48(38-43)57-56(62-53)36-39-18-10-11-25-45(39)58(57)61(42-23-8-3-9-24-42)44-32-34-50-47(37-44)46-26-12-13-27-49(46)59(50)51-28-14-16-30-54(51)63-55-31-17-15-29-52(55)59/h1-38H. The van der Waals surface area contributed by atoms with Crippen LogP contribution in [0.15, 0.2) is 240 Å². The largest absolute Gasteiger partial charge is 0.310 e. The van der Waals surface area contributed by atoms with Gasteiger partial charge in [0.1, 0.15) is 0 Å². The van der Waals surface area contributed by atoms with Gasteiger partial charge in [-0.15, -0.1) is 11.3 Å². The molecule has 0 bridgehead atoms. The fourth-order valence-electron chi connectivity index (χ4n) is 10.5. The van der Waals surface area contributed by atoms with E-state index in [0.717, 1.165) is 28.4 Å². The Hall–Kier alpha value is -7.37. The fraction of sp³-hybridized carbons (Fsp3) is 0.0169. The molecule has 0 unspecified atom stereocenters. The van der Waals surface area contributed by atoms with Crippen molar-refractivity contribution in [2.75, 3.05) is 9.80 Å². The van der Waals surface area contributed by atoms with E-state index in [1.165, 1.54) is 79.8 Å². The van der Waals surface area contributed by atoms with E-state index in [-0.39, 0.29) is 0 Å². The second-order valence-corrected chi connectivity index (χ2v) is 18.6. The van der Waals surface area contributed by atoms with Crippen molar-refractivity contribution < 1.29 is 0 Å². The highest BCUT2D eigenvalue weighted by molar-refractivity contribution is 7.99. The van der Waals surface area contributed by atoms with Crippen LogP contribution in [0.4, 0.5) is 34.1 Å². The molecule has 13 rings (SSSR count). The highest BCUT2D eigenvalue weighted by Gasteiger charge is 2.50. The van der Waals surface area contributed by atoms with Gasteiger partial charge in [-0.1, -0.05) is 157 Å². The number of hydrogen-bond acceptors (Lipinski definition) is 4. The first kappa shape index (κ1) is 36.3. The van der Waals surface area contributed by atoms with Crippen LogP contribution in [0.1, 0.15) is 22.3 Å². The number of nitrogens with zero attached hydrogens (tertiary/aromatic N) is 2. The third-order valence-electron chi connectivity index (χ3n) is 13.1. The first-order valence-corrected chi connectivity index (χ1v) is 23.1. The Balaban J connectivity index is 1.09. The molecule has 0 N–H and O–H groups in total. The van der Waals surface area contributed by atoms with Gasteiger partial charge in [-0.25, -0.2) is 0 Å². The van der Waals surface area contributed by atoms with Crippen LogP contribution in [0.3, 0.4) is 0 Å². The van der Waals surface area contributed by atoms with E-state index in [4.69, 9.17) is 0 Å². The summed E-state index contributed by atoms with van der Waals surface area (Å²) in [5.41, 5.74) is 14.3. The van der Waals surface area contributed by atoms with Gasteiger partial charge in [-0.05, 0) is 124 Å². The smallest absolute Gasteiger partial charge is 0.0735 e. The Bertz CT molecular complexity index is 3480. The molecule has 0 atom stereocenters. The van der Waals surface area contributed by atoms with E-state index in [2.05, 4.69) is 240 Å². The molecule has 63 heavy (non-hydrogen) atoms. The maximum absolute atomic E-state index is 2.53. The van der Waals surface area contributed by atoms with Crippen LogP contribution in [0.25, 0.3) is 42.1 Å². The van der Waals surface area contributed by atoms with Gasteiger partial charge < -0.3 is 9.80 Å². The second kappa shape index (κ2) is 14.4. The van der Waals surface area contributed by atoms with Crippen molar-refractivity contribution >= 4 is 88.2 Å². The maximum Gasteiger partial charge on any atom is 0.0735 e. The molecule has 1 aliphatic carbocycles. The third-order valence-corrected chi connectivity index (χ3v) is 15.3. The molecule has 0 saturated carbocycles. The summed E-state index contributed by atoms with van der Waals surface area (Å²) in [6.07, 6.45) is 0. The monoisotopic (exact) mass is 838 g/mol. The maximum atomic E-state index is 2.53. The minimum atomic E-state index is -0.434. The van der Waals surface area contributed by atoms with Gasteiger partial charge in [0.05, 0.1) is 11.1 Å². The quantitative estimate of drug-likeness (QED) is 0.165. The molecule has 10 aromatic carbocycles. The minimum absolute atomic E-state index is 0.434. The molecule has 296 valence electrons. The summed E-state index contributed by atoms with van der Waals surface area (Å²) in [6, 6.07) is 85.2. The fourth-order valence-corrected chi connectivity index (χ4v) is 12.8. The summed E-state index contributed by atoms with van der Waals surface area (Å²) < 4.78 is 2.53. The molecule has 2 heterocycles. The lowest BCUT2D eigenvalue weighted by molar-refractivity contribution is 0.722. The molecular weight excluding hydrogens is 801 g/mol. The zero-order valence-electron chi connectivity index (χ0n) is 34.2. The Morgan fingerprint density at radius 3 is 1.54 bits per heavy atom. The van der Waals surface area contributed by atoms with E-state index in [1.54, 1.807) is 0 Å². The van der Waals surface area contributed by atoms with E-state index in [1.807, 2.05) is 23.1 Å². The summed E-state index contributed by atoms with van der Waals surface area (Å²) in [5, 5.41) is 4.93. The van der Waals surface area contributed by atoms with Crippen molar-refractivity contribution in [3.8, 4) is 11.1 Å². The van der Waals surface area contributed by atoms with Crippen LogP contribution in [-0.2, 0) is 5.41 Å². The van der Waals surface area contributed by atoms with Crippen molar-refractivity contribution in [3.63, 3.8) is 0 Å². The summed E-state index contributed by atoms with van der Waals surface area (Å²) in [4.78, 5) is 7.52. The van der Waals surface area contributed by atoms with Crippen molar-refractivity contribution in [1.29, 1.82) is 0 Å². The average Bonchev–Trinajstić information content (AvgIpc) is 3.85. The SMILES string of the molecule is c1ccc(N(c2ccccc2)c2ccc3sc4cc5ccccc5c(N(c5ccccc5)c5ccc6c(c5)-c5ccccc5C65c6ccccc6Sc6ccccc65)c4c3c2)cc1. The van der Waals surface area contributed by atoms with Crippen LogP contribution < -0.4 is 9.80 Å². The Morgan fingerprint density at radius 1 is 0.333 bits per heavy atom. The Labute approximate surface area is 375 Å². The molecule has 1 aromatic heterocycles. The second-order valence-electron chi connectivity index (χ2n) is 16.4. The molecule has 2 aliphatic rings. The average molecular weight is 839 g/mol. The van der Waals surface area contributed by atoms with Crippen molar-refractivity contribution in [2.45, 2.75) is 15.2 Å². The van der Waals surface area contributed by atoms with Crippen LogP contribution in [0, 0.1) is 0 Å². The van der Waals surface area contributed by atoms with Crippen molar-refractivity contribution in [2.24, 2.45) is 0 Å². The number of thiophene rings is 1. The van der Waals surface area contributed by atoms with Crippen molar-refractivity contribution in [1.82, 2.24) is 0 Å². The van der Waals surface area contributed by atoms with Gasteiger partial charge in [0, 0.05) is 63.8 Å². The van der Waals surface area contributed by atoms with Crippen LogP contribution >= 0.6 is 23.1 Å². The third kappa shape index (κ3) is 5.45. The molecule has 0 radical (unpaired) electrons. The molecule has 2 nitrogen and oxygen atoms in total. The molecular formula is C59H38N2S2. The Morgan fingerprint density at radius 2 is 0.857 bits per heavy atom. The highest BCUT2D eigenvalue weighted by Crippen LogP contribution is 2.63. The first-order chi connectivity index (χ1) is 31.3. The van der Waals surface area contributed by atoms with Gasteiger partial charge in [0.15, 0.2) is 0 Å². The minimum Gasteiger partial charge on any atom is -0.310 e. The van der Waals surface area contributed by atoms with Gasteiger partial charge in [0.25, 0.3) is 0 Å². The van der Waals surface area contributed by atoms with Gasteiger partial charge in [-0.2, -0.15) is 0 Å². The molecule has 11 aromatic rings. The molecule has 1 spiro atoms. The summed E-state index contributed by atoms with van der Waals surface area (Å²) >= 11 is 3.76. The lowest BCUT2D eigenvalue weighted by Gasteiger charge is -2.39. The topological polar surface area (TPSA) is 6.48 Å².